The van der Waals surface area contributed by atoms with Crippen LogP contribution >= 0.6 is 23.2 Å². The SMILES string of the molecule is CN(C)c1ccccc1NC(=O)c1nc(Cl)ccc1Cl. The Morgan fingerprint density at radius 3 is 2.55 bits per heavy atom. The van der Waals surface area contributed by atoms with E-state index in [1.54, 1.807) is 6.07 Å². The molecular formula is C14H13Cl2N3O. The van der Waals surface area contributed by atoms with Crippen molar-refractivity contribution in [3.8, 4) is 0 Å². The van der Waals surface area contributed by atoms with Crippen molar-refractivity contribution in [1.82, 2.24) is 4.98 Å². The van der Waals surface area contributed by atoms with Crippen molar-refractivity contribution in [3.63, 3.8) is 0 Å². The van der Waals surface area contributed by atoms with E-state index < -0.39 is 5.91 Å². The highest BCUT2D eigenvalue weighted by molar-refractivity contribution is 6.35. The molecule has 0 aliphatic rings. The second kappa shape index (κ2) is 6.11. The lowest BCUT2D eigenvalue weighted by molar-refractivity contribution is 0.102. The van der Waals surface area contributed by atoms with E-state index in [0.29, 0.717) is 5.69 Å². The molecular weight excluding hydrogens is 297 g/mol. The van der Waals surface area contributed by atoms with Crippen LogP contribution in [0.25, 0.3) is 0 Å². The third-order valence-corrected chi connectivity index (χ3v) is 3.18. The van der Waals surface area contributed by atoms with Gasteiger partial charge in [0, 0.05) is 14.1 Å². The third-order valence-electron chi connectivity index (χ3n) is 2.66. The molecule has 0 fully saturated rings. The minimum atomic E-state index is -0.396. The smallest absolute Gasteiger partial charge is 0.275 e. The van der Waals surface area contributed by atoms with Crippen LogP contribution in [0, 0.1) is 0 Å². The first-order chi connectivity index (χ1) is 9.49. The first-order valence-electron chi connectivity index (χ1n) is 5.89. The minimum Gasteiger partial charge on any atom is -0.376 e. The van der Waals surface area contributed by atoms with Crippen LogP contribution in [0.2, 0.25) is 10.2 Å². The molecule has 104 valence electrons. The summed E-state index contributed by atoms with van der Waals surface area (Å²) in [4.78, 5) is 18.1. The summed E-state index contributed by atoms with van der Waals surface area (Å²) in [7, 11) is 3.80. The van der Waals surface area contributed by atoms with E-state index in [2.05, 4.69) is 10.3 Å². The lowest BCUT2D eigenvalue weighted by atomic mass is 10.2. The van der Waals surface area contributed by atoms with Crippen LogP contribution in [0.4, 0.5) is 11.4 Å². The quantitative estimate of drug-likeness (QED) is 0.879. The summed E-state index contributed by atoms with van der Waals surface area (Å²) in [5.74, 6) is -0.396. The number of hydrogen-bond donors (Lipinski definition) is 1. The summed E-state index contributed by atoms with van der Waals surface area (Å²) >= 11 is 11.8. The van der Waals surface area contributed by atoms with Gasteiger partial charge < -0.3 is 10.2 Å². The van der Waals surface area contributed by atoms with E-state index in [4.69, 9.17) is 23.2 Å². The molecule has 0 atom stereocenters. The van der Waals surface area contributed by atoms with E-state index in [1.165, 1.54) is 6.07 Å². The average molecular weight is 310 g/mol. The Kier molecular flexibility index (Phi) is 4.47. The number of pyridine rings is 1. The number of benzene rings is 1. The first-order valence-corrected chi connectivity index (χ1v) is 6.64. The molecule has 1 amide bonds. The number of anilines is 2. The van der Waals surface area contributed by atoms with Gasteiger partial charge in [0.25, 0.3) is 5.91 Å². The van der Waals surface area contributed by atoms with Crippen molar-refractivity contribution < 1.29 is 4.79 Å². The number of nitrogens with zero attached hydrogens (tertiary/aromatic N) is 2. The molecule has 6 heteroatoms. The van der Waals surface area contributed by atoms with Gasteiger partial charge in [-0.15, -0.1) is 0 Å². The van der Waals surface area contributed by atoms with E-state index in [0.717, 1.165) is 5.69 Å². The molecule has 0 spiro atoms. The van der Waals surface area contributed by atoms with Gasteiger partial charge in [0.1, 0.15) is 10.8 Å². The van der Waals surface area contributed by atoms with Crippen LogP contribution < -0.4 is 10.2 Å². The number of nitrogens with one attached hydrogen (secondary N) is 1. The molecule has 20 heavy (non-hydrogen) atoms. The Hall–Kier alpha value is -1.78. The topological polar surface area (TPSA) is 45.2 Å². The Morgan fingerprint density at radius 2 is 1.85 bits per heavy atom. The second-order valence-electron chi connectivity index (χ2n) is 4.33. The molecule has 0 saturated heterocycles. The number of aromatic nitrogens is 1. The maximum absolute atomic E-state index is 12.2. The zero-order valence-corrected chi connectivity index (χ0v) is 12.5. The van der Waals surface area contributed by atoms with Crippen molar-refractivity contribution in [1.29, 1.82) is 0 Å². The zero-order valence-electron chi connectivity index (χ0n) is 11.0. The maximum Gasteiger partial charge on any atom is 0.275 e. The highest BCUT2D eigenvalue weighted by atomic mass is 35.5. The molecule has 4 nitrogen and oxygen atoms in total. The lowest BCUT2D eigenvalue weighted by Crippen LogP contribution is -2.18. The molecule has 0 saturated carbocycles. The number of carbonyl (C=O) groups is 1. The van der Waals surface area contributed by atoms with Gasteiger partial charge in [-0.05, 0) is 24.3 Å². The molecule has 1 heterocycles. The van der Waals surface area contributed by atoms with Gasteiger partial charge in [0.2, 0.25) is 0 Å². The van der Waals surface area contributed by atoms with Gasteiger partial charge in [-0.3, -0.25) is 4.79 Å². The van der Waals surface area contributed by atoms with Gasteiger partial charge in [-0.1, -0.05) is 35.3 Å². The number of amides is 1. The number of rotatable bonds is 3. The summed E-state index contributed by atoms with van der Waals surface area (Å²) in [6.07, 6.45) is 0. The molecule has 1 aromatic heterocycles. The lowest BCUT2D eigenvalue weighted by Gasteiger charge is -2.17. The van der Waals surface area contributed by atoms with Crippen LogP contribution in [0.1, 0.15) is 10.5 Å². The maximum atomic E-state index is 12.2. The fourth-order valence-electron chi connectivity index (χ4n) is 1.73. The number of hydrogen-bond acceptors (Lipinski definition) is 3. The van der Waals surface area contributed by atoms with Crippen LogP contribution in [0.3, 0.4) is 0 Å². The average Bonchev–Trinajstić information content (AvgIpc) is 2.41. The summed E-state index contributed by atoms with van der Waals surface area (Å²) in [5.41, 5.74) is 1.67. The molecule has 0 radical (unpaired) electrons. The van der Waals surface area contributed by atoms with Crippen molar-refractivity contribution in [2.75, 3.05) is 24.3 Å². The molecule has 2 rings (SSSR count). The Labute approximate surface area is 127 Å². The van der Waals surface area contributed by atoms with Crippen LogP contribution in [0.15, 0.2) is 36.4 Å². The summed E-state index contributed by atoms with van der Waals surface area (Å²) < 4.78 is 0. The Balaban J connectivity index is 2.31. The minimum absolute atomic E-state index is 0.104. The molecule has 0 aliphatic heterocycles. The van der Waals surface area contributed by atoms with Gasteiger partial charge in [-0.2, -0.15) is 0 Å². The Morgan fingerprint density at radius 1 is 1.15 bits per heavy atom. The van der Waals surface area contributed by atoms with E-state index >= 15 is 0 Å². The number of halogens is 2. The molecule has 2 aromatic rings. The zero-order chi connectivity index (χ0) is 14.7. The van der Waals surface area contributed by atoms with E-state index in [-0.39, 0.29) is 15.9 Å². The largest absolute Gasteiger partial charge is 0.376 e. The van der Waals surface area contributed by atoms with Gasteiger partial charge in [-0.25, -0.2) is 4.98 Å². The predicted octanol–water partition coefficient (Wildman–Crippen LogP) is 3.71. The van der Waals surface area contributed by atoms with Crippen molar-refractivity contribution in [3.05, 3.63) is 52.3 Å². The van der Waals surface area contributed by atoms with Gasteiger partial charge >= 0.3 is 0 Å². The van der Waals surface area contributed by atoms with Crippen LogP contribution in [0.5, 0.6) is 0 Å². The molecule has 1 aromatic carbocycles. The van der Waals surface area contributed by atoms with Gasteiger partial charge in [0.15, 0.2) is 0 Å². The van der Waals surface area contributed by atoms with E-state index in [9.17, 15) is 4.79 Å². The van der Waals surface area contributed by atoms with Gasteiger partial charge in [0.05, 0.1) is 16.4 Å². The highest BCUT2D eigenvalue weighted by Crippen LogP contribution is 2.25. The Bertz CT molecular complexity index is 644. The summed E-state index contributed by atoms with van der Waals surface area (Å²) in [5, 5.41) is 3.27. The predicted molar refractivity (Wildman–Crippen MR) is 83.0 cm³/mol. The number of para-hydroxylation sites is 2. The number of carbonyl (C=O) groups excluding carboxylic acids is 1. The van der Waals surface area contributed by atoms with Crippen LogP contribution in [-0.4, -0.2) is 25.0 Å². The molecule has 0 unspecified atom stereocenters. The fourth-order valence-corrected chi connectivity index (χ4v) is 2.07. The molecule has 1 N–H and O–H groups in total. The van der Waals surface area contributed by atoms with Crippen molar-refractivity contribution in [2.24, 2.45) is 0 Å². The standard InChI is InChI=1S/C14H13Cl2N3O/c1-19(2)11-6-4-3-5-10(11)17-14(20)13-9(15)7-8-12(16)18-13/h3-8H,1-2H3,(H,17,20). The molecule has 0 bridgehead atoms. The first kappa shape index (κ1) is 14.6. The van der Waals surface area contributed by atoms with Crippen molar-refractivity contribution in [2.45, 2.75) is 0 Å². The third kappa shape index (κ3) is 3.21. The van der Waals surface area contributed by atoms with Crippen LogP contribution in [-0.2, 0) is 0 Å². The van der Waals surface area contributed by atoms with E-state index in [1.807, 2.05) is 43.3 Å². The van der Waals surface area contributed by atoms with Crippen molar-refractivity contribution >= 4 is 40.5 Å². The summed E-state index contributed by atoms with van der Waals surface area (Å²) in [6.45, 7) is 0. The second-order valence-corrected chi connectivity index (χ2v) is 5.12. The normalized spacial score (nSPS) is 10.2. The monoisotopic (exact) mass is 309 g/mol. The fraction of sp³-hybridized carbons (Fsp3) is 0.143. The molecule has 0 aliphatic carbocycles. The summed E-state index contributed by atoms with van der Waals surface area (Å²) in [6, 6.07) is 10.5. The highest BCUT2D eigenvalue weighted by Gasteiger charge is 2.15.